The smallest absolute Gasteiger partial charge is 0.407 e. The molecule has 0 aliphatic carbocycles. The topological polar surface area (TPSA) is 35.2 Å². The highest BCUT2D eigenvalue weighted by molar-refractivity contribution is 5.43. The number of rotatable bonds is 2. The molecule has 0 bridgehead atoms. The Bertz CT molecular complexity index is 388. The first kappa shape index (κ1) is 12.8. The number of nitrogens with two attached hydrogens (primary N) is 1. The highest BCUT2D eigenvalue weighted by Gasteiger charge is 2.38. The summed E-state index contributed by atoms with van der Waals surface area (Å²) >= 11 is 0. The molecular weight excluding hydrogens is 219 g/mol. The number of alkyl halides is 3. The van der Waals surface area contributed by atoms with Crippen molar-refractivity contribution >= 4 is 0 Å². The van der Waals surface area contributed by atoms with Crippen LogP contribution < -0.4 is 10.5 Å². The number of methoxy groups -OCH3 is 1. The van der Waals surface area contributed by atoms with Gasteiger partial charge in [0.05, 0.1) is 7.11 Å². The molecule has 16 heavy (non-hydrogen) atoms. The maximum absolute atomic E-state index is 12.5. The van der Waals surface area contributed by atoms with Crippen molar-refractivity contribution in [1.29, 1.82) is 0 Å². The average Bonchev–Trinajstić information content (AvgIpc) is 2.18. The monoisotopic (exact) mass is 233 g/mol. The van der Waals surface area contributed by atoms with Crippen LogP contribution in [0.25, 0.3) is 0 Å². The molecule has 0 aliphatic heterocycles. The van der Waals surface area contributed by atoms with Gasteiger partial charge in [-0.05, 0) is 36.6 Å². The van der Waals surface area contributed by atoms with Crippen LogP contribution in [-0.4, -0.2) is 13.3 Å². The van der Waals surface area contributed by atoms with Gasteiger partial charge in [-0.3, -0.25) is 0 Å². The van der Waals surface area contributed by atoms with E-state index in [1.807, 2.05) is 0 Å². The lowest BCUT2D eigenvalue weighted by Gasteiger charge is -2.19. The molecule has 2 nitrogen and oxygen atoms in total. The van der Waals surface area contributed by atoms with Gasteiger partial charge in [-0.2, -0.15) is 13.2 Å². The largest absolute Gasteiger partial charge is 0.496 e. The molecule has 0 amide bonds. The number of halogens is 3. The molecule has 0 aliphatic rings. The Morgan fingerprint density at radius 3 is 2.19 bits per heavy atom. The maximum atomic E-state index is 12.5. The minimum atomic E-state index is -4.42. The third-order valence-corrected chi connectivity index (χ3v) is 2.47. The molecule has 2 N–H and O–H groups in total. The predicted molar refractivity (Wildman–Crippen MR) is 55.5 cm³/mol. The molecule has 1 atom stereocenters. The number of hydrogen-bond donors (Lipinski definition) is 1. The normalized spacial score (nSPS) is 13.7. The van der Waals surface area contributed by atoms with Crippen LogP contribution in [-0.2, 0) is 0 Å². The molecule has 0 saturated carbocycles. The standard InChI is InChI=1S/C11H14F3NO/c1-6-5-9(16-3)7(2)4-8(6)10(15)11(12,13)14/h4-5,10H,15H2,1-3H3/t10-/m1/s1. The summed E-state index contributed by atoms with van der Waals surface area (Å²) in [5.74, 6) is 0.565. The van der Waals surface area contributed by atoms with Gasteiger partial charge < -0.3 is 10.5 Å². The molecular formula is C11H14F3NO. The first-order valence-electron chi connectivity index (χ1n) is 4.74. The van der Waals surface area contributed by atoms with Crippen molar-refractivity contribution in [1.82, 2.24) is 0 Å². The second kappa shape index (κ2) is 4.33. The molecule has 0 radical (unpaired) electrons. The van der Waals surface area contributed by atoms with Gasteiger partial charge in [0.1, 0.15) is 11.8 Å². The zero-order valence-electron chi connectivity index (χ0n) is 9.35. The maximum Gasteiger partial charge on any atom is 0.407 e. The highest BCUT2D eigenvalue weighted by atomic mass is 19.4. The Kier molecular flexibility index (Phi) is 3.48. The van der Waals surface area contributed by atoms with Gasteiger partial charge in [-0.15, -0.1) is 0 Å². The van der Waals surface area contributed by atoms with Crippen molar-refractivity contribution < 1.29 is 17.9 Å². The van der Waals surface area contributed by atoms with E-state index in [4.69, 9.17) is 10.5 Å². The van der Waals surface area contributed by atoms with Crippen LogP contribution in [0.4, 0.5) is 13.2 Å². The minimum absolute atomic E-state index is 0.0887. The molecule has 0 saturated heterocycles. The van der Waals surface area contributed by atoms with Gasteiger partial charge in [-0.25, -0.2) is 0 Å². The van der Waals surface area contributed by atoms with Crippen molar-refractivity contribution in [2.45, 2.75) is 26.1 Å². The van der Waals surface area contributed by atoms with Gasteiger partial charge >= 0.3 is 6.18 Å². The van der Waals surface area contributed by atoms with Crippen LogP contribution in [0.3, 0.4) is 0 Å². The Morgan fingerprint density at radius 1 is 1.19 bits per heavy atom. The SMILES string of the molecule is COc1cc(C)c([C@@H](N)C(F)(F)F)cc1C. The first-order chi connectivity index (χ1) is 7.27. The molecule has 0 heterocycles. The number of aryl methyl sites for hydroxylation is 2. The molecule has 1 aromatic carbocycles. The van der Waals surface area contributed by atoms with Crippen LogP contribution in [0.5, 0.6) is 5.75 Å². The third-order valence-electron chi connectivity index (χ3n) is 2.47. The van der Waals surface area contributed by atoms with Crippen LogP contribution in [0.2, 0.25) is 0 Å². The number of benzene rings is 1. The molecule has 0 fully saturated rings. The lowest BCUT2D eigenvalue weighted by atomic mass is 9.98. The number of hydrogen-bond acceptors (Lipinski definition) is 2. The molecule has 1 aromatic rings. The lowest BCUT2D eigenvalue weighted by Crippen LogP contribution is -2.29. The van der Waals surface area contributed by atoms with Gasteiger partial charge in [0.2, 0.25) is 0 Å². The summed E-state index contributed by atoms with van der Waals surface area (Å²) in [6, 6.07) is 1.04. The number of ether oxygens (including phenoxy) is 1. The fraction of sp³-hybridized carbons (Fsp3) is 0.455. The van der Waals surface area contributed by atoms with Gasteiger partial charge in [0.15, 0.2) is 0 Å². The Morgan fingerprint density at radius 2 is 1.75 bits per heavy atom. The Hall–Kier alpha value is -1.23. The Labute approximate surface area is 92.2 Å². The quantitative estimate of drug-likeness (QED) is 0.852. The van der Waals surface area contributed by atoms with Gasteiger partial charge in [0, 0.05) is 0 Å². The third kappa shape index (κ3) is 2.47. The van der Waals surface area contributed by atoms with E-state index in [0.717, 1.165) is 0 Å². The van der Waals surface area contributed by atoms with Crippen molar-refractivity contribution in [2.24, 2.45) is 5.73 Å². The van der Waals surface area contributed by atoms with Crippen molar-refractivity contribution in [3.8, 4) is 5.75 Å². The van der Waals surface area contributed by atoms with Crippen LogP contribution in [0.15, 0.2) is 12.1 Å². The van der Waals surface area contributed by atoms with Crippen molar-refractivity contribution in [3.63, 3.8) is 0 Å². The molecule has 0 unspecified atom stereocenters. The molecule has 90 valence electrons. The second-order valence-electron chi connectivity index (χ2n) is 3.70. The summed E-state index contributed by atoms with van der Waals surface area (Å²) in [5, 5.41) is 0. The van der Waals surface area contributed by atoms with Crippen LogP contribution in [0, 0.1) is 13.8 Å². The van der Waals surface area contributed by atoms with Crippen LogP contribution in [0.1, 0.15) is 22.7 Å². The first-order valence-corrected chi connectivity index (χ1v) is 4.74. The van der Waals surface area contributed by atoms with Crippen molar-refractivity contribution in [3.05, 3.63) is 28.8 Å². The fourth-order valence-electron chi connectivity index (χ4n) is 1.54. The van der Waals surface area contributed by atoms with E-state index >= 15 is 0 Å². The van der Waals surface area contributed by atoms with Crippen LogP contribution >= 0.6 is 0 Å². The second-order valence-corrected chi connectivity index (χ2v) is 3.70. The van der Waals surface area contributed by atoms with E-state index < -0.39 is 12.2 Å². The van der Waals surface area contributed by atoms with E-state index in [1.165, 1.54) is 13.2 Å². The van der Waals surface area contributed by atoms with E-state index in [2.05, 4.69) is 0 Å². The summed E-state index contributed by atoms with van der Waals surface area (Å²) in [6.45, 7) is 3.27. The summed E-state index contributed by atoms with van der Waals surface area (Å²) in [4.78, 5) is 0. The predicted octanol–water partition coefficient (Wildman–Crippen LogP) is 2.87. The fourth-order valence-corrected chi connectivity index (χ4v) is 1.54. The summed E-state index contributed by atoms with van der Waals surface area (Å²) < 4.78 is 42.4. The lowest BCUT2D eigenvalue weighted by molar-refractivity contribution is -0.149. The zero-order chi connectivity index (χ0) is 12.5. The van der Waals surface area contributed by atoms with Gasteiger partial charge in [0.25, 0.3) is 0 Å². The molecule has 0 spiro atoms. The van der Waals surface area contributed by atoms with E-state index in [0.29, 0.717) is 16.9 Å². The Balaban J connectivity index is 3.21. The highest BCUT2D eigenvalue weighted by Crippen LogP contribution is 2.34. The molecule has 0 aromatic heterocycles. The van der Waals surface area contributed by atoms with Crippen molar-refractivity contribution in [2.75, 3.05) is 7.11 Å². The molecule has 1 rings (SSSR count). The van der Waals surface area contributed by atoms with E-state index in [9.17, 15) is 13.2 Å². The van der Waals surface area contributed by atoms with E-state index in [-0.39, 0.29) is 5.56 Å². The zero-order valence-corrected chi connectivity index (χ0v) is 9.35. The summed E-state index contributed by atoms with van der Waals surface area (Å²) in [5.41, 5.74) is 6.38. The summed E-state index contributed by atoms with van der Waals surface area (Å²) in [6.07, 6.45) is -4.42. The summed E-state index contributed by atoms with van der Waals surface area (Å²) in [7, 11) is 1.48. The average molecular weight is 233 g/mol. The molecule has 5 heteroatoms. The minimum Gasteiger partial charge on any atom is -0.496 e. The van der Waals surface area contributed by atoms with Gasteiger partial charge in [-0.1, -0.05) is 6.07 Å². The van der Waals surface area contributed by atoms with E-state index in [1.54, 1.807) is 19.9 Å².